The molecule has 1 aromatic carbocycles. The number of rotatable bonds is 4. The van der Waals surface area contributed by atoms with Crippen LogP contribution in [0.5, 0.6) is 0 Å². The number of ether oxygens (including phenoxy) is 1. The minimum atomic E-state index is -0.325. The number of carbonyl (C=O) groups excluding carboxylic acids is 1. The topological polar surface area (TPSA) is 60.2 Å². The number of aryl methyl sites for hydroxylation is 1. The van der Waals surface area contributed by atoms with E-state index in [1.54, 1.807) is 24.1 Å². The third-order valence-electron chi connectivity index (χ3n) is 4.02. The van der Waals surface area contributed by atoms with E-state index in [4.69, 9.17) is 4.74 Å². The summed E-state index contributed by atoms with van der Waals surface area (Å²) in [5.74, 6) is -0.373. The second-order valence-corrected chi connectivity index (χ2v) is 6.62. The molecule has 3 rings (SSSR count). The summed E-state index contributed by atoms with van der Waals surface area (Å²) in [6.45, 7) is 1.62. The average molecular weight is 397 g/mol. The van der Waals surface area contributed by atoms with Crippen LogP contribution in [0.15, 0.2) is 29.0 Å². The zero-order valence-corrected chi connectivity index (χ0v) is 14.9. The van der Waals surface area contributed by atoms with E-state index in [1.165, 1.54) is 17.1 Å². The third kappa shape index (κ3) is 3.81. The highest BCUT2D eigenvalue weighted by Crippen LogP contribution is 2.22. The summed E-state index contributed by atoms with van der Waals surface area (Å²) >= 11 is 3.19. The maximum absolute atomic E-state index is 13.5. The number of hydrogen-bond donors (Lipinski definition) is 0. The van der Waals surface area contributed by atoms with Crippen molar-refractivity contribution >= 4 is 21.8 Å². The summed E-state index contributed by atoms with van der Waals surface area (Å²) in [4.78, 5) is 18.7. The van der Waals surface area contributed by atoms with E-state index in [0.717, 1.165) is 18.4 Å². The maximum atomic E-state index is 13.5. The molecule has 0 aliphatic carbocycles. The third-order valence-corrected chi connectivity index (χ3v) is 4.63. The zero-order valence-electron chi connectivity index (χ0n) is 13.3. The number of amides is 1. The second-order valence-electron chi connectivity index (χ2n) is 5.77. The van der Waals surface area contributed by atoms with Gasteiger partial charge in [0.2, 0.25) is 5.82 Å². The molecule has 0 radical (unpaired) electrons. The molecule has 1 saturated heterocycles. The van der Waals surface area contributed by atoms with Crippen LogP contribution in [-0.4, -0.2) is 44.8 Å². The predicted molar refractivity (Wildman–Crippen MR) is 88.8 cm³/mol. The van der Waals surface area contributed by atoms with Crippen LogP contribution in [0, 0.1) is 5.82 Å². The van der Waals surface area contributed by atoms with Crippen LogP contribution in [0.1, 0.15) is 29.0 Å². The first-order chi connectivity index (χ1) is 11.5. The van der Waals surface area contributed by atoms with Crippen molar-refractivity contribution in [3.63, 3.8) is 0 Å². The Kier molecular flexibility index (Phi) is 5.25. The molecule has 8 heteroatoms. The number of nitrogens with zero attached hydrogens (tertiary/aromatic N) is 4. The largest absolute Gasteiger partial charge is 0.381 e. The van der Waals surface area contributed by atoms with Crippen molar-refractivity contribution in [2.24, 2.45) is 7.05 Å². The molecule has 0 unspecified atom stereocenters. The molecule has 1 amide bonds. The predicted octanol–water partition coefficient (Wildman–Crippen LogP) is 2.54. The zero-order chi connectivity index (χ0) is 17.1. The van der Waals surface area contributed by atoms with Gasteiger partial charge >= 0.3 is 0 Å². The summed E-state index contributed by atoms with van der Waals surface area (Å²) in [5.41, 5.74) is 0.846. The van der Waals surface area contributed by atoms with E-state index < -0.39 is 0 Å². The highest BCUT2D eigenvalue weighted by atomic mass is 79.9. The van der Waals surface area contributed by atoms with E-state index in [2.05, 4.69) is 26.0 Å². The maximum Gasteiger partial charge on any atom is 0.294 e. The molecule has 1 aliphatic heterocycles. The fraction of sp³-hybridized carbons (Fsp3) is 0.438. The van der Waals surface area contributed by atoms with Crippen LogP contribution >= 0.6 is 15.9 Å². The molecule has 0 saturated carbocycles. The van der Waals surface area contributed by atoms with Gasteiger partial charge in [-0.15, -0.1) is 5.10 Å². The Bertz CT molecular complexity index is 731. The lowest BCUT2D eigenvalue weighted by molar-refractivity contribution is 0.0260. The molecule has 0 N–H and O–H groups in total. The lowest BCUT2D eigenvalue weighted by atomic mass is 10.1. The van der Waals surface area contributed by atoms with E-state index in [1.807, 2.05) is 0 Å². The smallest absolute Gasteiger partial charge is 0.294 e. The van der Waals surface area contributed by atoms with Crippen molar-refractivity contribution in [1.29, 1.82) is 0 Å². The van der Waals surface area contributed by atoms with Gasteiger partial charge in [0.15, 0.2) is 0 Å². The van der Waals surface area contributed by atoms with Gasteiger partial charge in [-0.2, -0.15) is 0 Å². The van der Waals surface area contributed by atoms with Crippen LogP contribution in [0.3, 0.4) is 0 Å². The SMILES string of the molecule is Cn1cnc(C(=O)N(Cc2ccc(F)c(Br)c2)C2CCOCC2)n1. The second kappa shape index (κ2) is 7.40. The van der Waals surface area contributed by atoms with Crippen molar-refractivity contribution < 1.29 is 13.9 Å². The molecule has 1 fully saturated rings. The molecule has 1 aliphatic rings. The molecule has 2 aromatic rings. The quantitative estimate of drug-likeness (QED) is 0.796. The molecule has 2 heterocycles. The monoisotopic (exact) mass is 396 g/mol. The Morgan fingerprint density at radius 1 is 1.46 bits per heavy atom. The highest BCUT2D eigenvalue weighted by molar-refractivity contribution is 9.10. The van der Waals surface area contributed by atoms with Gasteiger partial charge in [-0.1, -0.05) is 6.07 Å². The molecule has 128 valence electrons. The Balaban J connectivity index is 1.86. The van der Waals surface area contributed by atoms with Gasteiger partial charge in [0.05, 0.1) is 4.47 Å². The highest BCUT2D eigenvalue weighted by Gasteiger charge is 2.29. The summed E-state index contributed by atoms with van der Waals surface area (Å²) in [7, 11) is 1.72. The average Bonchev–Trinajstić information content (AvgIpc) is 3.02. The summed E-state index contributed by atoms with van der Waals surface area (Å²) < 4.78 is 20.7. The van der Waals surface area contributed by atoms with Crippen LogP contribution in [0.25, 0.3) is 0 Å². The molecular weight excluding hydrogens is 379 g/mol. The van der Waals surface area contributed by atoms with E-state index in [9.17, 15) is 9.18 Å². The normalized spacial score (nSPS) is 15.5. The van der Waals surface area contributed by atoms with Gasteiger partial charge in [0.25, 0.3) is 5.91 Å². The minimum absolute atomic E-state index is 0.0545. The standard InChI is InChI=1S/C16H18BrFN4O2/c1-21-10-19-15(20-21)16(23)22(12-4-6-24-7-5-12)9-11-2-3-14(18)13(17)8-11/h2-3,8,10,12H,4-7,9H2,1H3. The first-order valence-corrected chi connectivity index (χ1v) is 8.52. The Morgan fingerprint density at radius 2 is 2.21 bits per heavy atom. The fourth-order valence-corrected chi connectivity index (χ4v) is 3.19. The molecular formula is C16H18BrFN4O2. The number of benzene rings is 1. The van der Waals surface area contributed by atoms with E-state index in [-0.39, 0.29) is 23.6 Å². The van der Waals surface area contributed by atoms with E-state index in [0.29, 0.717) is 24.2 Å². The molecule has 24 heavy (non-hydrogen) atoms. The summed E-state index contributed by atoms with van der Waals surface area (Å²) in [6.07, 6.45) is 3.03. The molecule has 0 spiro atoms. The van der Waals surface area contributed by atoms with Crippen molar-refractivity contribution in [2.45, 2.75) is 25.4 Å². The summed E-state index contributed by atoms with van der Waals surface area (Å²) in [6, 6.07) is 4.83. The molecule has 1 aromatic heterocycles. The number of aromatic nitrogens is 3. The van der Waals surface area contributed by atoms with Crippen LogP contribution in [0.4, 0.5) is 4.39 Å². The molecule has 0 bridgehead atoms. The lowest BCUT2D eigenvalue weighted by Crippen LogP contribution is -2.43. The first-order valence-electron chi connectivity index (χ1n) is 7.73. The Labute approximate surface area is 147 Å². The van der Waals surface area contributed by atoms with Gasteiger partial charge in [0, 0.05) is 32.8 Å². The van der Waals surface area contributed by atoms with E-state index >= 15 is 0 Å². The Hall–Kier alpha value is -1.80. The fourth-order valence-electron chi connectivity index (χ4n) is 2.76. The Morgan fingerprint density at radius 3 is 2.83 bits per heavy atom. The van der Waals surface area contributed by atoms with Gasteiger partial charge in [-0.05, 0) is 46.5 Å². The first kappa shape index (κ1) is 17.0. The van der Waals surface area contributed by atoms with Gasteiger partial charge in [0.1, 0.15) is 12.1 Å². The van der Waals surface area contributed by atoms with Crippen molar-refractivity contribution in [1.82, 2.24) is 19.7 Å². The number of halogens is 2. The van der Waals surface area contributed by atoms with Gasteiger partial charge in [-0.3, -0.25) is 9.48 Å². The minimum Gasteiger partial charge on any atom is -0.381 e. The molecule has 0 atom stereocenters. The van der Waals surface area contributed by atoms with Crippen LogP contribution in [-0.2, 0) is 18.3 Å². The summed E-state index contributed by atoms with van der Waals surface area (Å²) in [5, 5.41) is 4.11. The van der Waals surface area contributed by atoms with Gasteiger partial charge in [-0.25, -0.2) is 9.37 Å². The van der Waals surface area contributed by atoms with Crippen LogP contribution in [0.2, 0.25) is 0 Å². The number of hydrogen-bond acceptors (Lipinski definition) is 4. The van der Waals surface area contributed by atoms with Crippen molar-refractivity contribution in [2.75, 3.05) is 13.2 Å². The molecule has 6 nitrogen and oxygen atoms in total. The van der Waals surface area contributed by atoms with Crippen LogP contribution < -0.4 is 0 Å². The van der Waals surface area contributed by atoms with Crippen molar-refractivity contribution in [3.8, 4) is 0 Å². The van der Waals surface area contributed by atoms with Gasteiger partial charge < -0.3 is 9.64 Å². The number of carbonyl (C=O) groups is 1. The lowest BCUT2D eigenvalue weighted by Gasteiger charge is -2.33. The van der Waals surface area contributed by atoms with Crippen molar-refractivity contribution in [3.05, 3.63) is 46.2 Å².